The maximum atomic E-state index is 13.7. The summed E-state index contributed by atoms with van der Waals surface area (Å²) in [5, 5.41) is 3.86. The summed E-state index contributed by atoms with van der Waals surface area (Å²) >= 11 is 9.47. The van der Waals surface area contributed by atoms with E-state index in [1.807, 2.05) is 31.3 Å². The molecule has 100 valence electrons. The standard InChI is InChI=1S/C15H14BrClFN/c1-19-15(9-10-4-2-3-5-14(10)18)11-6-7-12(16)13(17)8-11/h2-8,15,19H,9H2,1H3. The van der Waals surface area contributed by atoms with E-state index < -0.39 is 0 Å². The molecule has 0 radical (unpaired) electrons. The van der Waals surface area contributed by atoms with Crippen LogP contribution in [0.5, 0.6) is 0 Å². The van der Waals surface area contributed by atoms with Crippen LogP contribution in [0.4, 0.5) is 4.39 Å². The Morgan fingerprint density at radius 3 is 2.63 bits per heavy atom. The molecule has 0 bridgehead atoms. The minimum atomic E-state index is -0.175. The highest BCUT2D eigenvalue weighted by molar-refractivity contribution is 9.10. The van der Waals surface area contributed by atoms with Crippen LogP contribution < -0.4 is 5.32 Å². The zero-order chi connectivity index (χ0) is 13.8. The number of halogens is 3. The van der Waals surface area contributed by atoms with Crippen LogP contribution in [0.1, 0.15) is 17.2 Å². The molecule has 2 rings (SSSR count). The van der Waals surface area contributed by atoms with E-state index in [4.69, 9.17) is 11.6 Å². The molecule has 0 aliphatic heterocycles. The molecular formula is C15H14BrClFN. The van der Waals surface area contributed by atoms with Gasteiger partial charge in [0, 0.05) is 10.5 Å². The molecule has 2 aromatic carbocycles. The molecule has 0 aliphatic carbocycles. The number of nitrogens with one attached hydrogen (secondary N) is 1. The summed E-state index contributed by atoms with van der Waals surface area (Å²) in [6.07, 6.45) is 0.584. The van der Waals surface area contributed by atoms with Crippen molar-refractivity contribution in [2.75, 3.05) is 7.05 Å². The fourth-order valence-electron chi connectivity index (χ4n) is 2.00. The monoisotopic (exact) mass is 341 g/mol. The first kappa shape index (κ1) is 14.5. The quantitative estimate of drug-likeness (QED) is 0.846. The van der Waals surface area contributed by atoms with Crippen molar-refractivity contribution in [1.29, 1.82) is 0 Å². The zero-order valence-corrected chi connectivity index (χ0v) is 12.8. The van der Waals surface area contributed by atoms with Gasteiger partial charge in [-0.15, -0.1) is 0 Å². The second-order valence-electron chi connectivity index (χ2n) is 4.31. The van der Waals surface area contributed by atoms with Gasteiger partial charge in [-0.05, 0) is 58.7 Å². The first-order valence-electron chi connectivity index (χ1n) is 5.97. The van der Waals surface area contributed by atoms with Gasteiger partial charge in [-0.2, -0.15) is 0 Å². The van der Waals surface area contributed by atoms with Crippen LogP contribution in [0.2, 0.25) is 5.02 Å². The summed E-state index contributed by atoms with van der Waals surface area (Å²) in [4.78, 5) is 0. The minimum Gasteiger partial charge on any atom is -0.313 e. The number of likely N-dealkylation sites (N-methyl/N-ethyl adjacent to an activating group) is 1. The first-order valence-corrected chi connectivity index (χ1v) is 7.14. The summed E-state index contributed by atoms with van der Waals surface area (Å²) in [5.74, 6) is -0.175. The molecule has 1 atom stereocenters. The molecule has 1 N–H and O–H groups in total. The molecule has 1 unspecified atom stereocenters. The molecule has 0 spiro atoms. The highest BCUT2D eigenvalue weighted by Gasteiger charge is 2.13. The summed E-state index contributed by atoms with van der Waals surface area (Å²) < 4.78 is 14.5. The van der Waals surface area contributed by atoms with E-state index in [0.29, 0.717) is 17.0 Å². The predicted octanol–water partition coefficient (Wildman–Crippen LogP) is 4.74. The summed E-state index contributed by atoms with van der Waals surface area (Å²) in [6, 6.07) is 12.7. The third-order valence-corrected chi connectivity index (χ3v) is 4.31. The lowest BCUT2D eigenvalue weighted by atomic mass is 9.99. The van der Waals surface area contributed by atoms with Crippen LogP contribution in [-0.2, 0) is 6.42 Å². The van der Waals surface area contributed by atoms with Crippen molar-refractivity contribution in [3.63, 3.8) is 0 Å². The van der Waals surface area contributed by atoms with Gasteiger partial charge in [0.05, 0.1) is 5.02 Å². The van der Waals surface area contributed by atoms with Crippen LogP contribution in [0.15, 0.2) is 46.9 Å². The van der Waals surface area contributed by atoms with Crippen molar-refractivity contribution in [3.8, 4) is 0 Å². The first-order chi connectivity index (χ1) is 9.11. The summed E-state index contributed by atoms with van der Waals surface area (Å²) in [6.45, 7) is 0. The predicted molar refractivity (Wildman–Crippen MR) is 81.1 cm³/mol. The molecule has 0 saturated heterocycles. The topological polar surface area (TPSA) is 12.0 Å². The zero-order valence-electron chi connectivity index (χ0n) is 10.5. The highest BCUT2D eigenvalue weighted by Crippen LogP contribution is 2.27. The Bertz CT molecular complexity index is 574. The van der Waals surface area contributed by atoms with Crippen molar-refractivity contribution in [2.24, 2.45) is 0 Å². The van der Waals surface area contributed by atoms with Gasteiger partial charge in [-0.1, -0.05) is 35.9 Å². The lowest BCUT2D eigenvalue weighted by Crippen LogP contribution is -2.19. The molecule has 0 heterocycles. The van der Waals surface area contributed by atoms with Crippen LogP contribution in [0.25, 0.3) is 0 Å². The second kappa shape index (κ2) is 6.51. The molecule has 4 heteroatoms. The molecular weight excluding hydrogens is 329 g/mol. The van der Waals surface area contributed by atoms with E-state index in [9.17, 15) is 4.39 Å². The lowest BCUT2D eigenvalue weighted by molar-refractivity contribution is 0.554. The smallest absolute Gasteiger partial charge is 0.126 e. The third-order valence-electron chi connectivity index (χ3n) is 3.08. The van der Waals surface area contributed by atoms with E-state index in [0.717, 1.165) is 10.0 Å². The van der Waals surface area contributed by atoms with Crippen molar-refractivity contribution in [2.45, 2.75) is 12.5 Å². The molecule has 0 saturated carbocycles. The molecule has 0 fully saturated rings. The van der Waals surface area contributed by atoms with Crippen molar-refractivity contribution in [3.05, 3.63) is 68.9 Å². The summed E-state index contributed by atoms with van der Waals surface area (Å²) in [5.41, 5.74) is 1.74. The minimum absolute atomic E-state index is 0.0301. The molecule has 0 aliphatic rings. The van der Waals surface area contributed by atoms with Crippen LogP contribution in [0.3, 0.4) is 0 Å². The van der Waals surface area contributed by atoms with Gasteiger partial charge in [0.2, 0.25) is 0 Å². The largest absolute Gasteiger partial charge is 0.313 e. The normalized spacial score (nSPS) is 12.4. The Morgan fingerprint density at radius 1 is 1.26 bits per heavy atom. The van der Waals surface area contributed by atoms with Crippen LogP contribution in [-0.4, -0.2) is 7.05 Å². The summed E-state index contributed by atoms with van der Waals surface area (Å²) in [7, 11) is 1.86. The van der Waals surface area contributed by atoms with Gasteiger partial charge < -0.3 is 5.32 Å². The highest BCUT2D eigenvalue weighted by atomic mass is 79.9. The van der Waals surface area contributed by atoms with E-state index in [-0.39, 0.29) is 11.9 Å². The maximum Gasteiger partial charge on any atom is 0.126 e. The van der Waals surface area contributed by atoms with Gasteiger partial charge in [0.1, 0.15) is 5.82 Å². The Balaban J connectivity index is 2.25. The van der Waals surface area contributed by atoms with Crippen molar-refractivity contribution in [1.82, 2.24) is 5.32 Å². The van der Waals surface area contributed by atoms with Crippen LogP contribution in [0, 0.1) is 5.82 Å². The van der Waals surface area contributed by atoms with E-state index >= 15 is 0 Å². The number of hydrogen-bond acceptors (Lipinski definition) is 1. The second-order valence-corrected chi connectivity index (χ2v) is 5.57. The fourth-order valence-corrected chi connectivity index (χ4v) is 2.44. The lowest BCUT2D eigenvalue weighted by Gasteiger charge is -2.17. The van der Waals surface area contributed by atoms with Crippen molar-refractivity contribution >= 4 is 27.5 Å². The SMILES string of the molecule is CNC(Cc1ccccc1F)c1ccc(Br)c(Cl)c1. The van der Waals surface area contributed by atoms with E-state index in [1.165, 1.54) is 6.07 Å². The van der Waals surface area contributed by atoms with Crippen LogP contribution >= 0.6 is 27.5 Å². The van der Waals surface area contributed by atoms with Crippen molar-refractivity contribution < 1.29 is 4.39 Å². The molecule has 19 heavy (non-hydrogen) atoms. The average molecular weight is 343 g/mol. The molecule has 1 nitrogen and oxygen atoms in total. The van der Waals surface area contributed by atoms with Gasteiger partial charge in [0.15, 0.2) is 0 Å². The van der Waals surface area contributed by atoms with Gasteiger partial charge >= 0.3 is 0 Å². The third kappa shape index (κ3) is 3.56. The Kier molecular flexibility index (Phi) is 4.97. The van der Waals surface area contributed by atoms with Gasteiger partial charge in [-0.3, -0.25) is 0 Å². The number of benzene rings is 2. The number of rotatable bonds is 4. The van der Waals surface area contributed by atoms with Gasteiger partial charge in [0.25, 0.3) is 0 Å². The van der Waals surface area contributed by atoms with E-state index in [2.05, 4.69) is 21.2 Å². The number of hydrogen-bond donors (Lipinski definition) is 1. The van der Waals surface area contributed by atoms with Gasteiger partial charge in [-0.25, -0.2) is 4.39 Å². The average Bonchev–Trinajstić information content (AvgIpc) is 2.41. The van der Waals surface area contributed by atoms with E-state index in [1.54, 1.807) is 12.1 Å². The maximum absolute atomic E-state index is 13.7. The molecule has 2 aromatic rings. The molecule has 0 amide bonds. The Labute approximate surface area is 125 Å². The molecule has 0 aromatic heterocycles. The fraction of sp³-hybridized carbons (Fsp3) is 0.200. The Hall–Kier alpha value is -0.900. The Morgan fingerprint density at radius 2 is 2.00 bits per heavy atom.